The van der Waals surface area contributed by atoms with Crippen molar-refractivity contribution in [3.63, 3.8) is 0 Å². The van der Waals surface area contributed by atoms with Crippen molar-refractivity contribution in [2.24, 2.45) is 10.4 Å². The van der Waals surface area contributed by atoms with E-state index in [4.69, 9.17) is 14.5 Å². The van der Waals surface area contributed by atoms with Gasteiger partial charge in [-0.1, -0.05) is 26.8 Å². The molecule has 0 saturated carbocycles. The Morgan fingerprint density at radius 3 is 2.63 bits per heavy atom. The minimum Gasteiger partial charge on any atom is -0.379 e. The molecule has 0 aromatic carbocycles. The lowest BCUT2D eigenvalue weighted by atomic mass is 9.89. The molecule has 154 valence electrons. The van der Waals surface area contributed by atoms with E-state index >= 15 is 0 Å². The van der Waals surface area contributed by atoms with E-state index in [9.17, 15) is 0 Å². The molecule has 0 radical (unpaired) electrons. The summed E-state index contributed by atoms with van der Waals surface area (Å²) in [5, 5.41) is 9.05. The molecule has 1 aliphatic rings. The van der Waals surface area contributed by atoms with Gasteiger partial charge in [-0.2, -0.15) is 0 Å². The molecule has 0 bridgehead atoms. The van der Waals surface area contributed by atoms with E-state index in [1.54, 1.807) is 7.11 Å². The van der Waals surface area contributed by atoms with Crippen LogP contribution in [-0.2, 0) is 9.47 Å². The molecule has 1 fully saturated rings. The maximum atomic E-state index is 5.64. The molecule has 2 heterocycles. The van der Waals surface area contributed by atoms with Gasteiger partial charge in [-0.25, -0.2) is 0 Å². The van der Waals surface area contributed by atoms with E-state index < -0.39 is 0 Å². The zero-order valence-electron chi connectivity index (χ0n) is 17.5. The first-order valence-corrected chi connectivity index (χ1v) is 10.7. The summed E-state index contributed by atoms with van der Waals surface area (Å²) in [6.45, 7) is 14.5. The summed E-state index contributed by atoms with van der Waals surface area (Å²) in [5.41, 5.74) is 0.0584. The lowest BCUT2D eigenvalue weighted by Gasteiger charge is -2.34. The highest BCUT2D eigenvalue weighted by atomic mass is 32.1. The normalized spacial score (nSPS) is 18.9. The van der Waals surface area contributed by atoms with Gasteiger partial charge in [-0.3, -0.25) is 9.89 Å². The van der Waals surface area contributed by atoms with Gasteiger partial charge in [0, 0.05) is 38.2 Å². The average Bonchev–Trinajstić information content (AvgIpc) is 3.16. The molecular weight excluding hydrogens is 360 g/mol. The minimum atomic E-state index is 0.0584. The number of nitrogens with zero attached hydrogens (tertiary/aromatic N) is 2. The minimum absolute atomic E-state index is 0.0584. The fourth-order valence-corrected chi connectivity index (χ4v) is 4.05. The van der Waals surface area contributed by atoms with Crippen molar-refractivity contribution in [3.05, 3.63) is 22.4 Å². The molecule has 7 heteroatoms. The van der Waals surface area contributed by atoms with Gasteiger partial charge in [-0.15, -0.1) is 11.3 Å². The number of hydrogen-bond acceptors (Lipinski definition) is 5. The summed E-state index contributed by atoms with van der Waals surface area (Å²) in [5.74, 6) is 0.846. The SMILES string of the molecule is CCNC(=NCC(OC)C(C)(C)C)NCC(c1cccs1)N1CCOCC1. The Morgan fingerprint density at radius 2 is 2.07 bits per heavy atom. The van der Waals surface area contributed by atoms with Crippen molar-refractivity contribution >= 4 is 17.3 Å². The van der Waals surface area contributed by atoms with E-state index in [0.29, 0.717) is 12.6 Å². The van der Waals surface area contributed by atoms with Gasteiger partial charge in [0.2, 0.25) is 0 Å². The van der Waals surface area contributed by atoms with Crippen molar-refractivity contribution < 1.29 is 9.47 Å². The van der Waals surface area contributed by atoms with E-state index in [1.165, 1.54) is 4.88 Å². The number of rotatable bonds is 8. The molecule has 1 aromatic heterocycles. The maximum Gasteiger partial charge on any atom is 0.191 e. The zero-order valence-corrected chi connectivity index (χ0v) is 18.3. The van der Waals surface area contributed by atoms with Gasteiger partial charge < -0.3 is 20.1 Å². The second-order valence-corrected chi connectivity index (χ2v) is 8.85. The highest BCUT2D eigenvalue weighted by Crippen LogP contribution is 2.25. The number of thiophene rings is 1. The van der Waals surface area contributed by atoms with Gasteiger partial charge >= 0.3 is 0 Å². The van der Waals surface area contributed by atoms with Crippen LogP contribution in [0.2, 0.25) is 0 Å². The van der Waals surface area contributed by atoms with Crippen LogP contribution in [0.3, 0.4) is 0 Å². The Labute approximate surface area is 168 Å². The molecule has 2 N–H and O–H groups in total. The molecular formula is C20H36N4O2S. The van der Waals surface area contributed by atoms with Crippen molar-refractivity contribution in [3.8, 4) is 0 Å². The second-order valence-electron chi connectivity index (χ2n) is 7.87. The van der Waals surface area contributed by atoms with Crippen LogP contribution in [0.4, 0.5) is 0 Å². The average molecular weight is 397 g/mol. The third-order valence-corrected chi connectivity index (χ3v) is 5.80. The lowest BCUT2D eigenvalue weighted by Crippen LogP contribution is -2.46. The Hall–Kier alpha value is -1.15. The molecule has 6 nitrogen and oxygen atoms in total. The number of guanidine groups is 1. The molecule has 1 aliphatic heterocycles. The van der Waals surface area contributed by atoms with Gasteiger partial charge in [0.25, 0.3) is 0 Å². The van der Waals surface area contributed by atoms with Crippen LogP contribution in [0.5, 0.6) is 0 Å². The van der Waals surface area contributed by atoms with E-state index in [1.807, 2.05) is 11.3 Å². The van der Waals surface area contributed by atoms with Crippen molar-refractivity contribution in [1.82, 2.24) is 15.5 Å². The molecule has 27 heavy (non-hydrogen) atoms. The molecule has 0 amide bonds. The summed E-state index contributed by atoms with van der Waals surface area (Å²) >= 11 is 1.81. The largest absolute Gasteiger partial charge is 0.379 e. The molecule has 2 rings (SSSR count). The van der Waals surface area contributed by atoms with Crippen LogP contribution < -0.4 is 10.6 Å². The van der Waals surface area contributed by atoms with Gasteiger partial charge in [0.15, 0.2) is 5.96 Å². The van der Waals surface area contributed by atoms with Crippen molar-refractivity contribution in [1.29, 1.82) is 0 Å². The number of ether oxygens (including phenoxy) is 2. The first-order valence-electron chi connectivity index (χ1n) is 9.86. The third-order valence-electron chi connectivity index (χ3n) is 4.83. The molecule has 0 aliphatic carbocycles. The fourth-order valence-electron chi connectivity index (χ4n) is 3.19. The highest BCUT2D eigenvalue weighted by molar-refractivity contribution is 7.10. The molecule has 1 saturated heterocycles. The number of nitrogens with one attached hydrogen (secondary N) is 2. The number of methoxy groups -OCH3 is 1. The summed E-state index contributed by atoms with van der Waals surface area (Å²) in [4.78, 5) is 8.66. The van der Waals surface area contributed by atoms with Crippen LogP contribution in [0.15, 0.2) is 22.5 Å². The van der Waals surface area contributed by atoms with Gasteiger partial charge in [0.05, 0.1) is 31.9 Å². The van der Waals surface area contributed by atoms with Crippen LogP contribution in [0.1, 0.15) is 38.6 Å². The standard InChI is InChI=1S/C20H36N4O2S/c1-6-21-19(23-15-18(25-5)20(2,3)4)22-14-16(17-8-7-13-27-17)24-9-11-26-12-10-24/h7-8,13,16,18H,6,9-12,14-15H2,1-5H3,(H2,21,22,23). The van der Waals surface area contributed by atoms with Crippen LogP contribution >= 0.6 is 11.3 Å². The lowest BCUT2D eigenvalue weighted by molar-refractivity contribution is 0.0176. The van der Waals surface area contributed by atoms with Gasteiger partial charge in [0.1, 0.15) is 0 Å². The molecule has 2 unspecified atom stereocenters. The Morgan fingerprint density at radius 1 is 1.33 bits per heavy atom. The summed E-state index contributed by atoms with van der Waals surface area (Å²) in [6.07, 6.45) is 0.0836. The summed E-state index contributed by atoms with van der Waals surface area (Å²) < 4.78 is 11.2. The first kappa shape index (κ1) is 22.1. The van der Waals surface area contributed by atoms with E-state index in [-0.39, 0.29) is 11.5 Å². The second kappa shape index (κ2) is 11.0. The Bertz CT molecular complexity index is 551. The van der Waals surface area contributed by atoms with Crippen LogP contribution in [0, 0.1) is 5.41 Å². The zero-order chi connectivity index (χ0) is 19.7. The Balaban J connectivity index is 2.03. The van der Waals surface area contributed by atoms with Crippen LogP contribution in [-0.4, -0.2) is 70.0 Å². The smallest absolute Gasteiger partial charge is 0.191 e. The van der Waals surface area contributed by atoms with E-state index in [2.05, 4.69) is 60.7 Å². The molecule has 2 atom stereocenters. The number of aliphatic imine (C=N–C) groups is 1. The molecule has 0 spiro atoms. The third kappa shape index (κ3) is 7.07. The predicted molar refractivity (Wildman–Crippen MR) is 114 cm³/mol. The topological polar surface area (TPSA) is 58.1 Å². The van der Waals surface area contributed by atoms with E-state index in [0.717, 1.165) is 45.4 Å². The van der Waals surface area contributed by atoms with Gasteiger partial charge in [-0.05, 0) is 23.8 Å². The number of hydrogen-bond donors (Lipinski definition) is 2. The van der Waals surface area contributed by atoms with Crippen molar-refractivity contribution in [2.45, 2.75) is 39.8 Å². The monoisotopic (exact) mass is 396 g/mol. The quantitative estimate of drug-likeness (QED) is 0.523. The maximum absolute atomic E-state index is 5.64. The summed E-state index contributed by atoms with van der Waals surface area (Å²) in [6, 6.07) is 4.68. The van der Waals surface area contributed by atoms with Crippen LogP contribution in [0.25, 0.3) is 0 Å². The molecule has 1 aromatic rings. The highest BCUT2D eigenvalue weighted by Gasteiger charge is 2.25. The predicted octanol–water partition coefficient (Wildman–Crippen LogP) is 2.74. The first-order chi connectivity index (χ1) is 13.0. The number of morpholine rings is 1. The fraction of sp³-hybridized carbons (Fsp3) is 0.750. The Kier molecular flexibility index (Phi) is 9.02. The van der Waals surface area contributed by atoms with Crippen molar-refractivity contribution in [2.75, 3.05) is 53.0 Å². The summed E-state index contributed by atoms with van der Waals surface area (Å²) in [7, 11) is 1.76.